The van der Waals surface area contributed by atoms with Crippen LogP contribution in [0.5, 0.6) is 0 Å². The Morgan fingerprint density at radius 2 is 1.74 bits per heavy atom. The second kappa shape index (κ2) is 11.2. The third kappa shape index (κ3) is 8.17. The fourth-order valence-corrected chi connectivity index (χ4v) is 1.36. The number of hydrogen-bond acceptors (Lipinski definition) is 7. The Balaban J connectivity index is 0. The number of hydrogen-bond donors (Lipinski definition) is 5. The molecule has 0 bridgehead atoms. The summed E-state index contributed by atoms with van der Waals surface area (Å²) in [6.45, 7) is 6.77. The summed E-state index contributed by atoms with van der Waals surface area (Å²) in [5.41, 5.74) is -2.66. The summed E-state index contributed by atoms with van der Waals surface area (Å²) in [5.74, 6) is -0.549. The highest BCUT2D eigenvalue weighted by Gasteiger charge is 2.36. The molecule has 1 amide bonds. The molecule has 0 radical (unpaired) electrons. The van der Waals surface area contributed by atoms with E-state index in [9.17, 15) is 20.1 Å². The number of nitrogens with zero attached hydrogens (tertiary/aromatic N) is 2. The lowest BCUT2D eigenvalue weighted by molar-refractivity contribution is -0.129. The molecule has 0 aliphatic heterocycles. The van der Waals surface area contributed by atoms with E-state index in [-0.39, 0.29) is 11.5 Å². The van der Waals surface area contributed by atoms with Crippen LogP contribution in [0.4, 0.5) is 0 Å². The lowest BCUT2D eigenvalue weighted by Crippen LogP contribution is -2.60. The van der Waals surface area contributed by atoms with Crippen molar-refractivity contribution in [3.05, 3.63) is 0 Å². The molecule has 9 heteroatoms. The lowest BCUT2D eigenvalue weighted by atomic mass is 9.99. The topological polar surface area (TPSA) is 158 Å². The second-order valence-corrected chi connectivity index (χ2v) is 5.77. The molecular formula is C14H30N4O5. The highest BCUT2D eigenvalue weighted by atomic mass is 16.3. The largest absolute Gasteiger partial charge is 0.412 e. The normalized spacial score (nSPS) is 12.7. The molecule has 0 aliphatic carbocycles. The van der Waals surface area contributed by atoms with E-state index in [1.54, 1.807) is 13.8 Å². The maximum absolute atomic E-state index is 12.2. The van der Waals surface area contributed by atoms with Gasteiger partial charge in [-0.15, -0.1) is 0 Å². The molecule has 7 N–H and O–H groups in total. The van der Waals surface area contributed by atoms with Gasteiger partial charge in [0.05, 0.1) is 31.9 Å². The number of carbonyl (C=O) groups is 1. The van der Waals surface area contributed by atoms with Crippen molar-refractivity contribution in [3.63, 3.8) is 0 Å². The smallest absolute Gasteiger partial charge is 0.248 e. The molecule has 1 atom stereocenters. The summed E-state index contributed by atoms with van der Waals surface area (Å²) in [5, 5.41) is 33.2. The Morgan fingerprint density at radius 3 is 2.17 bits per heavy atom. The minimum Gasteiger partial charge on any atom is -0.412 e. The Morgan fingerprint density at radius 1 is 1.22 bits per heavy atom. The van der Waals surface area contributed by atoms with Crippen molar-refractivity contribution >= 4 is 11.9 Å². The van der Waals surface area contributed by atoms with Crippen LogP contribution in [0.1, 0.15) is 27.7 Å². The summed E-state index contributed by atoms with van der Waals surface area (Å²) in [7, 11) is 0. The van der Waals surface area contributed by atoms with Crippen LogP contribution in [0.15, 0.2) is 9.98 Å². The monoisotopic (exact) mass is 334 g/mol. The highest BCUT2D eigenvalue weighted by Crippen LogP contribution is 2.11. The molecule has 0 aliphatic rings. The Kier molecular flexibility index (Phi) is 11.7. The van der Waals surface area contributed by atoms with E-state index in [4.69, 9.17) is 0 Å². The maximum atomic E-state index is 12.2. The van der Waals surface area contributed by atoms with Crippen molar-refractivity contribution in [1.29, 1.82) is 0 Å². The number of nitrogens with one attached hydrogen (secondary N) is 2. The molecule has 23 heavy (non-hydrogen) atoms. The zero-order chi connectivity index (χ0) is 17.2. The number of rotatable bonds is 10. The van der Waals surface area contributed by atoms with Crippen LogP contribution >= 0.6 is 0 Å². The summed E-state index contributed by atoms with van der Waals surface area (Å²) >= 11 is 0. The molecular weight excluding hydrogens is 304 g/mol. The first-order chi connectivity index (χ1) is 10.3. The first-order valence-corrected chi connectivity index (χ1v) is 7.29. The van der Waals surface area contributed by atoms with Crippen LogP contribution in [0.3, 0.4) is 0 Å². The third-order valence-corrected chi connectivity index (χ3v) is 3.14. The molecule has 0 heterocycles. The van der Waals surface area contributed by atoms with Gasteiger partial charge in [0.2, 0.25) is 5.91 Å². The average Bonchev–Trinajstić information content (AvgIpc) is 2.50. The van der Waals surface area contributed by atoms with Crippen molar-refractivity contribution in [2.75, 3.05) is 32.9 Å². The fourth-order valence-electron chi connectivity index (χ4n) is 1.36. The zero-order valence-corrected chi connectivity index (χ0v) is 14.3. The number of likely N-dealkylation sites (N-methyl/N-ethyl adjacent to an activating group) is 1. The molecule has 1 unspecified atom stereocenters. The standard InChI is InChI=1S/C14H28N4O4.H2O/c1-5-15-6-11(2)16-10-17-13(3,4)12(22)18-14(7-19,8-20)9-21;/h11,15,19-21H,5-9H2,1-4H3,(H,18,22);1H2. The van der Waals surface area contributed by atoms with E-state index in [2.05, 4.69) is 26.6 Å². The van der Waals surface area contributed by atoms with Crippen LogP contribution < -0.4 is 10.6 Å². The maximum Gasteiger partial charge on any atom is 0.248 e. The van der Waals surface area contributed by atoms with E-state index in [0.717, 1.165) is 6.54 Å². The predicted octanol–water partition coefficient (Wildman–Crippen LogP) is -2.06. The Labute approximate surface area is 136 Å². The van der Waals surface area contributed by atoms with Gasteiger partial charge in [0.25, 0.3) is 0 Å². The summed E-state index contributed by atoms with van der Waals surface area (Å²) in [6, 6.07) is 2.50. The van der Waals surface area contributed by atoms with Gasteiger partial charge in [-0.1, -0.05) is 6.92 Å². The van der Waals surface area contributed by atoms with Crippen molar-refractivity contribution in [2.45, 2.75) is 44.8 Å². The third-order valence-electron chi connectivity index (χ3n) is 3.14. The molecule has 0 aromatic heterocycles. The van der Waals surface area contributed by atoms with Crippen molar-refractivity contribution in [3.8, 4) is 0 Å². The summed E-state index contributed by atoms with van der Waals surface area (Å²) < 4.78 is 0. The van der Waals surface area contributed by atoms with Gasteiger partial charge in [-0.2, -0.15) is 0 Å². The number of aliphatic imine (C=N–C) groups is 2. The zero-order valence-electron chi connectivity index (χ0n) is 14.3. The van der Waals surface area contributed by atoms with Gasteiger partial charge in [-0.05, 0) is 27.3 Å². The molecule has 0 saturated carbocycles. The SMILES string of the molecule is CCNCC(C)N=C=NC(C)(C)C(=O)NC(CO)(CO)CO.O. The van der Waals surface area contributed by atoms with E-state index in [0.29, 0.717) is 6.54 Å². The van der Waals surface area contributed by atoms with Crippen molar-refractivity contribution < 1.29 is 25.6 Å². The van der Waals surface area contributed by atoms with Gasteiger partial charge in [-0.25, -0.2) is 9.98 Å². The molecule has 0 aromatic carbocycles. The molecule has 0 fully saturated rings. The summed E-state index contributed by atoms with van der Waals surface area (Å²) in [4.78, 5) is 20.2. The molecule has 0 aromatic rings. The highest BCUT2D eigenvalue weighted by molar-refractivity contribution is 5.87. The van der Waals surface area contributed by atoms with Crippen LogP contribution in [0.2, 0.25) is 0 Å². The number of aliphatic hydroxyl groups is 3. The van der Waals surface area contributed by atoms with E-state index in [1.165, 1.54) is 0 Å². The van der Waals surface area contributed by atoms with E-state index < -0.39 is 36.8 Å². The molecule has 136 valence electrons. The van der Waals surface area contributed by atoms with Crippen molar-refractivity contribution in [1.82, 2.24) is 10.6 Å². The van der Waals surface area contributed by atoms with Gasteiger partial charge in [0.15, 0.2) is 0 Å². The van der Waals surface area contributed by atoms with Crippen LogP contribution in [0, 0.1) is 0 Å². The number of carbonyl (C=O) groups excluding carboxylic acids is 1. The van der Waals surface area contributed by atoms with Crippen molar-refractivity contribution in [2.24, 2.45) is 9.98 Å². The molecule has 0 rings (SSSR count). The lowest BCUT2D eigenvalue weighted by Gasteiger charge is -2.31. The average molecular weight is 334 g/mol. The first-order valence-electron chi connectivity index (χ1n) is 7.29. The molecule has 0 spiro atoms. The second-order valence-electron chi connectivity index (χ2n) is 5.77. The van der Waals surface area contributed by atoms with Crippen LogP contribution in [-0.2, 0) is 4.79 Å². The minimum absolute atomic E-state index is 0. The molecule has 0 saturated heterocycles. The fraction of sp³-hybridized carbons (Fsp3) is 0.857. The van der Waals surface area contributed by atoms with E-state index >= 15 is 0 Å². The Hall–Kier alpha value is -1.35. The minimum atomic E-state index is -1.47. The van der Waals surface area contributed by atoms with Gasteiger partial charge in [0, 0.05) is 6.54 Å². The van der Waals surface area contributed by atoms with Gasteiger partial charge >= 0.3 is 0 Å². The summed E-state index contributed by atoms with van der Waals surface area (Å²) in [6.07, 6.45) is 0. The molecule has 9 nitrogen and oxygen atoms in total. The first kappa shape index (κ1) is 23.9. The Bertz CT molecular complexity index is 396. The predicted molar refractivity (Wildman–Crippen MR) is 87.7 cm³/mol. The quantitative estimate of drug-likeness (QED) is 0.290. The van der Waals surface area contributed by atoms with Gasteiger partial charge in [0.1, 0.15) is 11.1 Å². The van der Waals surface area contributed by atoms with E-state index in [1.807, 2.05) is 13.8 Å². The number of aliphatic hydroxyl groups excluding tert-OH is 3. The van der Waals surface area contributed by atoms with Gasteiger partial charge < -0.3 is 31.4 Å². The number of amides is 1. The van der Waals surface area contributed by atoms with Crippen LogP contribution in [0.25, 0.3) is 0 Å². The van der Waals surface area contributed by atoms with Crippen LogP contribution in [-0.4, -0.2) is 82.7 Å². The van der Waals surface area contributed by atoms with Gasteiger partial charge in [-0.3, -0.25) is 4.79 Å².